The molecule has 1 aliphatic carbocycles. The molecule has 0 spiro atoms. The van der Waals surface area contributed by atoms with Crippen molar-refractivity contribution in [1.82, 2.24) is 5.32 Å². The van der Waals surface area contributed by atoms with Gasteiger partial charge in [0.25, 0.3) is 0 Å². The highest BCUT2D eigenvalue weighted by Crippen LogP contribution is 2.27. The summed E-state index contributed by atoms with van der Waals surface area (Å²) in [6.45, 7) is 2.01. The molecule has 0 aromatic heterocycles. The molecule has 1 fully saturated rings. The number of carbonyl (C=O) groups is 2. The van der Waals surface area contributed by atoms with E-state index in [-0.39, 0.29) is 17.6 Å². The molecule has 0 aliphatic heterocycles. The molecular weight excluding hydrogens is 336 g/mol. The van der Waals surface area contributed by atoms with Crippen LogP contribution in [0.1, 0.15) is 43.0 Å². The Kier molecular flexibility index (Phi) is 5.22. The monoisotopic (exact) mass is 354 g/mol. The minimum absolute atomic E-state index is 0.122. The van der Waals surface area contributed by atoms with Gasteiger partial charge in [-0.25, -0.2) is 9.59 Å². The van der Waals surface area contributed by atoms with E-state index < -0.39 is 5.97 Å². The van der Waals surface area contributed by atoms with Crippen LogP contribution in [0.25, 0.3) is 0 Å². The van der Waals surface area contributed by atoms with E-state index in [1.807, 2.05) is 6.92 Å². The first-order valence-electron chi connectivity index (χ1n) is 7.07. The second kappa shape index (κ2) is 6.93. The van der Waals surface area contributed by atoms with Crippen molar-refractivity contribution in [2.75, 3.05) is 5.32 Å². The van der Waals surface area contributed by atoms with Gasteiger partial charge < -0.3 is 15.7 Å². The molecule has 1 saturated carbocycles. The summed E-state index contributed by atoms with van der Waals surface area (Å²) in [4.78, 5) is 23.0. The van der Waals surface area contributed by atoms with Crippen LogP contribution >= 0.6 is 15.9 Å². The lowest BCUT2D eigenvalue weighted by molar-refractivity contribution is 0.0696. The van der Waals surface area contributed by atoms with E-state index in [9.17, 15) is 9.59 Å². The third-order valence-electron chi connectivity index (χ3n) is 3.92. The fourth-order valence-electron chi connectivity index (χ4n) is 2.72. The highest BCUT2D eigenvalue weighted by Gasteiger charge is 2.22. The van der Waals surface area contributed by atoms with Crippen molar-refractivity contribution in [3.05, 3.63) is 28.2 Å². The average Bonchev–Trinajstić information content (AvgIpc) is 2.94. The quantitative estimate of drug-likeness (QED) is 0.768. The number of nitrogens with one attached hydrogen (secondary N) is 2. The lowest BCUT2D eigenvalue weighted by Gasteiger charge is -2.20. The van der Waals surface area contributed by atoms with Crippen LogP contribution in [0.4, 0.5) is 10.5 Å². The normalized spacial score (nSPS) is 16.5. The van der Waals surface area contributed by atoms with Gasteiger partial charge in [-0.2, -0.15) is 0 Å². The summed E-state index contributed by atoms with van der Waals surface area (Å²) in [5.41, 5.74) is 0.586. The second-order valence-electron chi connectivity index (χ2n) is 5.43. The van der Waals surface area contributed by atoms with Crippen molar-refractivity contribution in [3.8, 4) is 0 Å². The molecule has 21 heavy (non-hydrogen) atoms. The number of anilines is 1. The van der Waals surface area contributed by atoms with Crippen LogP contribution in [0.2, 0.25) is 0 Å². The minimum atomic E-state index is -1.04. The summed E-state index contributed by atoms with van der Waals surface area (Å²) in [5.74, 6) is -0.500. The largest absolute Gasteiger partial charge is 0.478 e. The maximum atomic E-state index is 12.0. The highest BCUT2D eigenvalue weighted by atomic mass is 79.9. The topological polar surface area (TPSA) is 78.4 Å². The number of rotatable bonds is 4. The molecule has 5 nitrogen and oxygen atoms in total. The SMILES string of the molecule is CC(NC(=O)Nc1ccc(Br)c(C(=O)O)c1)C1CCCC1. The van der Waals surface area contributed by atoms with E-state index in [0.29, 0.717) is 16.1 Å². The van der Waals surface area contributed by atoms with Gasteiger partial charge in [-0.3, -0.25) is 0 Å². The predicted molar refractivity (Wildman–Crippen MR) is 84.7 cm³/mol. The molecule has 1 unspecified atom stereocenters. The van der Waals surface area contributed by atoms with Gasteiger partial charge in [0.1, 0.15) is 0 Å². The molecule has 6 heteroatoms. The lowest BCUT2D eigenvalue weighted by atomic mass is 10.0. The van der Waals surface area contributed by atoms with Gasteiger partial charge in [-0.05, 0) is 59.8 Å². The predicted octanol–water partition coefficient (Wildman–Crippen LogP) is 3.85. The Bertz CT molecular complexity index is 542. The van der Waals surface area contributed by atoms with E-state index in [4.69, 9.17) is 5.11 Å². The summed E-state index contributed by atoms with van der Waals surface area (Å²) >= 11 is 3.17. The van der Waals surface area contributed by atoms with Gasteiger partial charge in [-0.1, -0.05) is 12.8 Å². The molecule has 1 atom stereocenters. The highest BCUT2D eigenvalue weighted by molar-refractivity contribution is 9.10. The van der Waals surface area contributed by atoms with Gasteiger partial charge in [0.2, 0.25) is 0 Å². The molecule has 3 N–H and O–H groups in total. The first kappa shape index (κ1) is 15.8. The zero-order valence-corrected chi connectivity index (χ0v) is 13.4. The van der Waals surface area contributed by atoms with Gasteiger partial charge in [0.05, 0.1) is 5.56 Å². The molecule has 1 aromatic rings. The Morgan fingerprint density at radius 1 is 1.33 bits per heavy atom. The Balaban J connectivity index is 1.96. The summed E-state index contributed by atoms with van der Waals surface area (Å²) < 4.78 is 0.486. The fraction of sp³-hybridized carbons (Fsp3) is 0.467. The molecule has 114 valence electrons. The second-order valence-corrected chi connectivity index (χ2v) is 6.29. The number of benzene rings is 1. The Labute approximate surface area is 132 Å². The zero-order valence-electron chi connectivity index (χ0n) is 11.9. The van der Waals surface area contributed by atoms with E-state index in [1.54, 1.807) is 12.1 Å². The summed E-state index contributed by atoms with van der Waals surface area (Å²) in [6, 6.07) is 4.54. The maximum absolute atomic E-state index is 12.0. The van der Waals surface area contributed by atoms with Crippen molar-refractivity contribution >= 4 is 33.6 Å². The molecular formula is C15H19BrN2O3. The Morgan fingerprint density at radius 2 is 2.00 bits per heavy atom. The van der Waals surface area contributed by atoms with Crippen LogP contribution in [0, 0.1) is 5.92 Å². The van der Waals surface area contributed by atoms with Crippen LogP contribution in [0.5, 0.6) is 0 Å². The molecule has 2 amide bonds. The molecule has 0 bridgehead atoms. The number of amides is 2. The Hall–Kier alpha value is -1.56. The van der Waals surface area contributed by atoms with Crippen LogP contribution in [0.3, 0.4) is 0 Å². The van der Waals surface area contributed by atoms with E-state index in [1.165, 1.54) is 18.9 Å². The lowest BCUT2D eigenvalue weighted by Crippen LogP contribution is -2.39. The van der Waals surface area contributed by atoms with Crippen molar-refractivity contribution < 1.29 is 14.7 Å². The van der Waals surface area contributed by atoms with Gasteiger partial charge >= 0.3 is 12.0 Å². The van der Waals surface area contributed by atoms with Crippen molar-refractivity contribution in [3.63, 3.8) is 0 Å². The van der Waals surface area contributed by atoms with Crippen molar-refractivity contribution in [1.29, 1.82) is 0 Å². The van der Waals surface area contributed by atoms with Gasteiger partial charge in [-0.15, -0.1) is 0 Å². The number of hydrogen-bond donors (Lipinski definition) is 3. The number of hydrogen-bond acceptors (Lipinski definition) is 2. The van der Waals surface area contributed by atoms with E-state index in [2.05, 4.69) is 26.6 Å². The van der Waals surface area contributed by atoms with Crippen LogP contribution in [-0.2, 0) is 0 Å². The first-order chi connectivity index (χ1) is 9.97. The van der Waals surface area contributed by atoms with E-state index >= 15 is 0 Å². The standard InChI is InChI=1S/C15H19BrN2O3/c1-9(10-4-2-3-5-10)17-15(21)18-11-6-7-13(16)12(8-11)14(19)20/h6-10H,2-5H2,1H3,(H,19,20)(H2,17,18,21). The number of aromatic carboxylic acids is 1. The summed E-state index contributed by atoms with van der Waals surface area (Å²) in [5, 5.41) is 14.7. The van der Waals surface area contributed by atoms with Gasteiger partial charge in [0, 0.05) is 16.2 Å². The molecule has 0 heterocycles. The smallest absolute Gasteiger partial charge is 0.336 e. The van der Waals surface area contributed by atoms with Crippen molar-refractivity contribution in [2.45, 2.75) is 38.6 Å². The molecule has 2 rings (SSSR count). The van der Waals surface area contributed by atoms with Crippen LogP contribution < -0.4 is 10.6 Å². The molecule has 0 radical (unpaired) electrons. The summed E-state index contributed by atoms with van der Waals surface area (Å²) in [7, 11) is 0. The number of halogens is 1. The first-order valence-corrected chi connectivity index (χ1v) is 7.87. The average molecular weight is 355 g/mol. The van der Waals surface area contributed by atoms with Crippen LogP contribution in [-0.4, -0.2) is 23.1 Å². The molecule has 1 aliphatic rings. The number of carboxylic acids is 1. The number of carbonyl (C=O) groups excluding carboxylic acids is 1. The minimum Gasteiger partial charge on any atom is -0.478 e. The zero-order chi connectivity index (χ0) is 15.4. The Morgan fingerprint density at radius 3 is 2.62 bits per heavy atom. The fourth-order valence-corrected chi connectivity index (χ4v) is 3.13. The third kappa shape index (κ3) is 4.20. The number of carboxylic acid groups (broad SMARTS) is 1. The molecule has 0 saturated heterocycles. The van der Waals surface area contributed by atoms with Crippen molar-refractivity contribution in [2.24, 2.45) is 5.92 Å². The van der Waals surface area contributed by atoms with Crippen LogP contribution in [0.15, 0.2) is 22.7 Å². The molecule has 1 aromatic carbocycles. The summed E-state index contributed by atoms with van der Waals surface area (Å²) in [6.07, 6.45) is 4.77. The maximum Gasteiger partial charge on any atom is 0.336 e. The third-order valence-corrected chi connectivity index (χ3v) is 4.61. The van der Waals surface area contributed by atoms with E-state index in [0.717, 1.165) is 12.8 Å². The van der Waals surface area contributed by atoms with Gasteiger partial charge in [0.15, 0.2) is 0 Å². The number of urea groups is 1.